The van der Waals surface area contributed by atoms with E-state index in [2.05, 4.69) is 73.0 Å². The summed E-state index contributed by atoms with van der Waals surface area (Å²) in [5.74, 6) is 9.02. The minimum atomic E-state index is -0.221. The average molecular weight is 771 g/mol. The first-order valence-electron chi connectivity index (χ1n) is 18.6. The number of pyridine rings is 1. The second-order valence-electron chi connectivity index (χ2n) is 14.2. The van der Waals surface area contributed by atoms with Gasteiger partial charge in [-0.3, -0.25) is 14.4 Å². The van der Waals surface area contributed by atoms with Gasteiger partial charge in [0.1, 0.15) is 34.9 Å². The Morgan fingerprint density at radius 3 is 2.55 bits per heavy atom. The molecular weight excluding hydrogens is 732 g/mol. The van der Waals surface area contributed by atoms with Crippen molar-refractivity contribution in [1.82, 2.24) is 35.3 Å². The molecule has 14 heteroatoms. The summed E-state index contributed by atoms with van der Waals surface area (Å²) in [5.41, 5.74) is 5.66. The maximum Gasteiger partial charge on any atom is 0.272 e. The van der Waals surface area contributed by atoms with E-state index in [-0.39, 0.29) is 30.0 Å². The van der Waals surface area contributed by atoms with Crippen LogP contribution < -0.4 is 15.0 Å². The first-order chi connectivity index (χ1) is 26.7. The molecule has 0 bridgehead atoms. The molecule has 1 atom stereocenters. The fraction of sp³-hybridized carbons (Fsp3) is 0.366. The molecule has 1 saturated carbocycles. The van der Waals surface area contributed by atoms with Crippen LogP contribution in [0.25, 0.3) is 5.00 Å². The molecule has 5 aromatic rings. The number of hydrogen-bond donors (Lipinski definition) is 1. The third-order valence-electron chi connectivity index (χ3n) is 10.6. The van der Waals surface area contributed by atoms with Gasteiger partial charge >= 0.3 is 0 Å². The number of nitrogens with zero attached hydrogens (tertiary/aromatic N) is 9. The number of aromatic nitrogens is 6. The van der Waals surface area contributed by atoms with Gasteiger partial charge in [0.25, 0.3) is 5.91 Å². The Bertz CT molecular complexity index is 2350. The highest BCUT2D eigenvalue weighted by molar-refractivity contribution is 7.15. The zero-order valence-corrected chi connectivity index (χ0v) is 32.4. The molecule has 2 aliphatic heterocycles. The number of aliphatic imine (C=N–C) groups is 1. The number of piperidine rings is 1. The third-order valence-corrected chi connectivity index (χ3v) is 12.1. The number of ether oxygens (including phenoxy) is 1. The van der Waals surface area contributed by atoms with Crippen LogP contribution in [0.15, 0.2) is 60.0 Å². The molecule has 0 unspecified atom stereocenters. The molecule has 1 N–H and O–H groups in total. The zero-order chi connectivity index (χ0) is 38.1. The first-order valence-corrected chi connectivity index (χ1v) is 19.8. The molecule has 1 aliphatic carbocycles. The van der Waals surface area contributed by atoms with E-state index < -0.39 is 0 Å². The van der Waals surface area contributed by atoms with Crippen LogP contribution in [0.3, 0.4) is 0 Å². The van der Waals surface area contributed by atoms with Gasteiger partial charge in [-0.1, -0.05) is 17.5 Å². The van der Waals surface area contributed by atoms with Crippen LogP contribution in [0.4, 0.5) is 5.82 Å². The quantitative estimate of drug-likeness (QED) is 0.181. The number of thiophene rings is 1. The van der Waals surface area contributed by atoms with Crippen LogP contribution in [0.2, 0.25) is 5.02 Å². The number of amides is 1. The number of fused-ring (bicyclic) bond motifs is 3. The molecule has 3 aliphatic rings. The van der Waals surface area contributed by atoms with Gasteiger partial charge in [-0.15, -0.1) is 31.7 Å². The Morgan fingerprint density at radius 1 is 1.02 bits per heavy atom. The summed E-state index contributed by atoms with van der Waals surface area (Å²) in [4.78, 5) is 26.2. The summed E-state index contributed by atoms with van der Waals surface area (Å²) < 4.78 is 8.14. The lowest BCUT2D eigenvalue weighted by molar-refractivity contribution is 0.0888. The van der Waals surface area contributed by atoms with E-state index in [1.54, 1.807) is 41.9 Å². The van der Waals surface area contributed by atoms with Gasteiger partial charge in [0, 0.05) is 53.3 Å². The van der Waals surface area contributed by atoms with Gasteiger partial charge in [0.2, 0.25) is 0 Å². The van der Waals surface area contributed by atoms with Crippen molar-refractivity contribution in [2.45, 2.75) is 77.5 Å². The summed E-state index contributed by atoms with van der Waals surface area (Å²) >= 11 is 7.88. The number of benzene rings is 1. The average Bonchev–Trinajstić information content (AvgIpc) is 3.79. The van der Waals surface area contributed by atoms with Crippen LogP contribution >= 0.6 is 22.9 Å². The van der Waals surface area contributed by atoms with Crippen molar-refractivity contribution >= 4 is 40.4 Å². The largest absolute Gasteiger partial charge is 0.490 e. The summed E-state index contributed by atoms with van der Waals surface area (Å²) in [6, 6.07) is 14.7. The van der Waals surface area contributed by atoms with Gasteiger partial charge in [0.05, 0.1) is 22.4 Å². The number of aryl methyl sites for hydroxylation is 1. The molecule has 4 aromatic heterocycles. The Balaban J connectivity index is 0.818. The van der Waals surface area contributed by atoms with Gasteiger partial charge in [-0.05, 0) is 107 Å². The van der Waals surface area contributed by atoms with Crippen molar-refractivity contribution in [3.63, 3.8) is 0 Å². The molecule has 1 aromatic carbocycles. The van der Waals surface area contributed by atoms with Crippen LogP contribution in [0.1, 0.15) is 101 Å². The van der Waals surface area contributed by atoms with Crippen molar-refractivity contribution in [2.75, 3.05) is 18.0 Å². The van der Waals surface area contributed by atoms with Crippen molar-refractivity contribution in [3.8, 4) is 28.7 Å². The lowest BCUT2D eigenvalue weighted by atomic mass is 9.93. The van der Waals surface area contributed by atoms with Crippen LogP contribution in [-0.4, -0.2) is 66.8 Å². The van der Waals surface area contributed by atoms with Crippen molar-refractivity contribution < 1.29 is 9.53 Å². The molecule has 278 valence electrons. The Labute approximate surface area is 328 Å². The number of anilines is 1. The minimum Gasteiger partial charge on any atom is -0.490 e. The second-order valence-corrected chi connectivity index (χ2v) is 15.8. The first kappa shape index (κ1) is 36.4. The number of nitrogens with one attached hydrogen (secondary N) is 1. The van der Waals surface area contributed by atoms with E-state index in [1.165, 1.54) is 10.4 Å². The van der Waals surface area contributed by atoms with E-state index in [4.69, 9.17) is 31.6 Å². The molecule has 55 heavy (non-hydrogen) atoms. The highest BCUT2D eigenvalue weighted by atomic mass is 35.5. The Hall–Kier alpha value is -5.63. The normalized spacial score (nSPS) is 19.5. The maximum atomic E-state index is 13.0. The second kappa shape index (κ2) is 15.6. The van der Waals surface area contributed by atoms with Crippen LogP contribution in [-0.2, 0) is 0 Å². The van der Waals surface area contributed by atoms with Gasteiger partial charge in [-0.25, -0.2) is 4.98 Å². The van der Waals surface area contributed by atoms with Gasteiger partial charge in [0.15, 0.2) is 17.3 Å². The zero-order valence-electron chi connectivity index (χ0n) is 30.8. The molecule has 8 rings (SSSR count). The SMILES string of the molecule is Cc1sc2c(c1C)C(c1ccc(C#CC3CCN(c4ccc(C(=O)N[C@H]5CC[C@H](Oc6ccc(C#N)c(Cl)c6)CC5)nn4)CC3)nc1)=N[C@@H](C)c1nncn1-2. The smallest absolute Gasteiger partial charge is 0.272 e. The lowest BCUT2D eigenvalue weighted by Gasteiger charge is -2.30. The van der Waals surface area contributed by atoms with E-state index in [0.717, 1.165) is 90.8 Å². The Kier molecular flexibility index (Phi) is 10.3. The minimum absolute atomic E-state index is 0.0295. The number of rotatable bonds is 6. The van der Waals surface area contributed by atoms with Crippen molar-refractivity contribution in [1.29, 1.82) is 5.26 Å². The van der Waals surface area contributed by atoms with E-state index in [0.29, 0.717) is 22.0 Å². The van der Waals surface area contributed by atoms with Gasteiger partial charge < -0.3 is 15.0 Å². The monoisotopic (exact) mass is 770 g/mol. The number of hydrogen-bond acceptors (Lipinski definition) is 11. The molecule has 12 nitrogen and oxygen atoms in total. The van der Waals surface area contributed by atoms with Crippen LogP contribution in [0, 0.1) is 42.9 Å². The number of carbonyl (C=O) groups is 1. The van der Waals surface area contributed by atoms with E-state index in [9.17, 15) is 4.79 Å². The standard InChI is InChI=1S/C41H39ClN10O2S/c1-24-26(3)55-41-37(24)38(46-25(2)39-50-45-23-52(39)41)29-5-8-30(44-22-29)7-4-27-16-18-51(19-17-27)36-15-14-35(48-49-36)40(53)47-31-9-12-32(13-10-31)54-33-11-6-28(21-43)34(42)20-33/h5-6,8,11,14-15,20,22-23,25,27,31-32H,9-10,12-13,16-19H2,1-3H3,(H,47,53)/t25-,31-,32-/m0/s1. The number of halogens is 1. The third kappa shape index (κ3) is 7.68. The molecule has 0 radical (unpaired) electrons. The highest BCUT2D eigenvalue weighted by Crippen LogP contribution is 2.37. The highest BCUT2D eigenvalue weighted by Gasteiger charge is 2.29. The van der Waals surface area contributed by atoms with Crippen molar-refractivity contribution in [2.24, 2.45) is 10.9 Å². The molecular formula is C41H39ClN10O2S. The molecule has 1 amide bonds. The summed E-state index contributed by atoms with van der Waals surface area (Å²) in [7, 11) is 0. The van der Waals surface area contributed by atoms with Crippen molar-refractivity contribution in [3.05, 3.63) is 104 Å². The summed E-state index contributed by atoms with van der Waals surface area (Å²) in [6.45, 7) is 7.93. The fourth-order valence-corrected chi connectivity index (χ4v) is 8.71. The summed E-state index contributed by atoms with van der Waals surface area (Å²) in [5, 5.41) is 30.8. The van der Waals surface area contributed by atoms with Crippen LogP contribution in [0.5, 0.6) is 5.75 Å². The fourth-order valence-electron chi connectivity index (χ4n) is 7.37. The Morgan fingerprint density at radius 2 is 1.84 bits per heavy atom. The molecule has 1 saturated heterocycles. The van der Waals surface area contributed by atoms with Gasteiger partial charge in [-0.2, -0.15) is 5.26 Å². The molecule has 0 spiro atoms. The van der Waals surface area contributed by atoms with E-state index in [1.807, 2.05) is 25.3 Å². The number of nitriles is 1. The number of carbonyl (C=O) groups excluding carboxylic acids is 1. The topological polar surface area (TPSA) is 147 Å². The predicted octanol–water partition coefficient (Wildman–Crippen LogP) is 6.96. The predicted molar refractivity (Wildman–Crippen MR) is 211 cm³/mol. The van der Waals surface area contributed by atoms with E-state index >= 15 is 0 Å². The maximum absolute atomic E-state index is 13.0. The lowest BCUT2D eigenvalue weighted by Crippen LogP contribution is -2.40. The molecule has 2 fully saturated rings. The summed E-state index contributed by atoms with van der Waals surface area (Å²) in [6.07, 6.45) is 8.67. The molecule has 6 heterocycles.